The first-order chi connectivity index (χ1) is 8.68. The third-order valence-corrected chi connectivity index (χ3v) is 3.34. The van der Waals surface area contributed by atoms with Crippen LogP contribution in [0.5, 0.6) is 0 Å². The number of hydrogen-bond acceptors (Lipinski definition) is 3. The molecule has 1 aromatic rings. The molecule has 0 aromatic carbocycles. The second-order valence-corrected chi connectivity index (χ2v) is 4.70. The lowest BCUT2D eigenvalue weighted by molar-refractivity contribution is -0.125. The Morgan fingerprint density at radius 3 is 3.17 bits per heavy atom. The Hall–Kier alpha value is -1.33. The van der Waals surface area contributed by atoms with Crippen LogP contribution < -0.4 is 5.32 Å². The molecule has 0 spiro atoms. The first-order valence-electron chi connectivity index (χ1n) is 6.33. The molecule has 2 atom stereocenters. The van der Waals surface area contributed by atoms with E-state index in [0.717, 1.165) is 12.1 Å². The van der Waals surface area contributed by atoms with Gasteiger partial charge in [-0.25, -0.2) is 0 Å². The van der Waals surface area contributed by atoms with Crippen molar-refractivity contribution in [2.75, 3.05) is 19.8 Å². The molecular formula is C13H20N2O3. The van der Waals surface area contributed by atoms with Gasteiger partial charge in [-0.05, 0) is 25.0 Å². The van der Waals surface area contributed by atoms with Crippen molar-refractivity contribution in [3.05, 3.63) is 24.0 Å². The van der Waals surface area contributed by atoms with E-state index in [2.05, 4.69) is 5.32 Å². The highest BCUT2D eigenvalue weighted by Crippen LogP contribution is 2.16. The normalized spacial score (nSPS) is 20.9. The Bertz CT molecular complexity index is 397. The predicted octanol–water partition coefficient (Wildman–Crippen LogP) is 0.601. The van der Waals surface area contributed by atoms with E-state index in [-0.39, 0.29) is 11.8 Å². The summed E-state index contributed by atoms with van der Waals surface area (Å²) in [6, 6.07) is 3.78. The van der Waals surface area contributed by atoms with E-state index in [4.69, 9.17) is 4.74 Å². The van der Waals surface area contributed by atoms with Gasteiger partial charge in [0.25, 0.3) is 0 Å². The topological polar surface area (TPSA) is 63.5 Å². The summed E-state index contributed by atoms with van der Waals surface area (Å²) in [5, 5.41) is 12.8. The van der Waals surface area contributed by atoms with Crippen molar-refractivity contribution in [2.45, 2.75) is 18.9 Å². The van der Waals surface area contributed by atoms with Crippen LogP contribution in [0.3, 0.4) is 0 Å². The molecule has 5 heteroatoms. The molecule has 1 aromatic heterocycles. The lowest BCUT2D eigenvalue weighted by atomic mass is 10.1. The van der Waals surface area contributed by atoms with Crippen molar-refractivity contribution in [3.8, 4) is 0 Å². The molecule has 18 heavy (non-hydrogen) atoms. The number of carbonyl (C=O) groups is 1. The molecule has 1 amide bonds. The Balaban J connectivity index is 1.72. The fourth-order valence-electron chi connectivity index (χ4n) is 2.19. The Morgan fingerprint density at radius 1 is 1.72 bits per heavy atom. The molecular weight excluding hydrogens is 232 g/mol. The van der Waals surface area contributed by atoms with Crippen LogP contribution in [0.1, 0.15) is 24.6 Å². The van der Waals surface area contributed by atoms with Gasteiger partial charge in [0.15, 0.2) is 0 Å². The molecule has 1 fully saturated rings. The summed E-state index contributed by atoms with van der Waals surface area (Å²) < 4.78 is 7.05. The number of rotatable bonds is 5. The lowest BCUT2D eigenvalue weighted by Gasteiger charge is -2.13. The van der Waals surface area contributed by atoms with E-state index in [1.165, 1.54) is 0 Å². The third-order valence-electron chi connectivity index (χ3n) is 3.34. The van der Waals surface area contributed by atoms with Crippen LogP contribution in [0.25, 0.3) is 0 Å². The van der Waals surface area contributed by atoms with Crippen LogP contribution in [-0.2, 0) is 16.6 Å². The van der Waals surface area contributed by atoms with Gasteiger partial charge < -0.3 is 19.7 Å². The van der Waals surface area contributed by atoms with Crippen LogP contribution in [0.2, 0.25) is 0 Å². The van der Waals surface area contributed by atoms with Crippen molar-refractivity contribution < 1.29 is 14.6 Å². The fraction of sp³-hybridized carbons (Fsp3) is 0.615. The molecule has 0 bridgehead atoms. The predicted molar refractivity (Wildman–Crippen MR) is 66.9 cm³/mol. The number of aliphatic hydroxyl groups excluding tert-OH is 1. The minimum atomic E-state index is -0.537. The molecule has 100 valence electrons. The second-order valence-electron chi connectivity index (χ2n) is 4.70. The highest BCUT2D eigenvalue weighted by molar-refractivity contribution is 5.78. The summed E-state index contributed by atoms with van der Waals surface area (Å²) in [6.07, 6.45) is 2.68. The summed E-state index contributed by atoms with van der Waals surface area (Å²) in [5.74, 6) is 0.0174. The van der Waals surface area contributed by atoms with Gasteiger partial charge in [-0.15, -0.1) is 0 Å². The summed E-state index contributed by atoms with van der Waals surface area (Å²) >= 11 is 0. The maximum Gasteiger partial charge on any atom is 0.225 e. The molecule has 0 aliphatic carbocycles. The van der Waals surface area contributed by atoms with E-state index >= 15 is 0 Å². The molecule has 1 saturated heterocycles. The van der Waals surface area contributed by atoms with Crippen molar-refractivity contribution in [3.63, 3.8) is 0 Å². The number of amides is 1. The van der Waals surface area contributed by atoms with Crippen LogP contribution in [-0.4, -0.2) is 35.3 Å². The Labute approximate surface area is 107 Å². The van der Waals surface area contributed by atoms with Crippen LogP contribution in [0.15, 0.2) is 18.3 Å². The lowest BCUT2D eigenvalue weighted by Crippen LogP contribution is -2.32. The standard InChI is InChI=1S/C13H20N2O3/c1-15-7-2-3-11(15)12(16)4-6-14-13(17)10-5-8-18-9-10/h2-3,7,10,12,16H,4-6,8-9H2,1H3,(H,14,17). The monoisotopic (exact) mass is 252 g/mol. The number of nitrogens with zero attached hydrogens (tertiary/aromatic N) is 1. The average molecular weight is 252 g/mol. The van der Waals surface area contributed by atoms with Crippen LogP contribution in [0.4, 0.5) is 0 Å². The van der Waals surface area contributed by atoms with Gasteiger partial charge in [0.1, 0.15) is 0 Å². The van der Waals surface area contributed by atoms with E-state index in [0.29, 0.717) is 26.2 Å². The smallest absolute Gasteiger partial charge is 0.225 e. The van der Waals surface area contributed by atoms with Crippen molar-refractivity contribution in [2.24, 2.45) is 13.0 Å². The van der Waals surface area contributed by atoms with Gasteiger partial charge in [0, 0.05) is 32.1 Å². The molecule has 2 N–H and O–H groups in total. The summed E-state index contributed by atoms with van der Waals surface area (Å²) in [4.78, 5) is 11.7. The average Bonchev–Trinajstić information content (AvgIpc) is 2.99. The minimum Gasteiger partial charge on any atom is -0.387 e. The van der Waals surface area contributed by atoms with E-state index < -0.39 is 6.10 Å². The van der Waals surface area contributed by atoms with Crippen LogP contribution >= 0.6 is 0 Å². The van der Waals surface area contributed by atoms with Gasteiger partial charge in [-0.2, -0.15) is 0 Å². The van der Waals surface area contributed by atoms with E-state index in [1.807, 2.05) is 29.9 Å². The molecule has 2 heterocycles. The fourth-order valence-corrected chi connectivity index (χ4v) is 2.19. The van der Waals surface area contributed by atoms with Crippen LogP contribution in [0, 0.1) is 5.92 Å². The molecule has 1 aliphatic heterocycles. The molecule has 2 rings (SSSR count). The SMILES string of the molecule is Cn1cccc1C(O)CCNC(=O)C1CCOC1. The molecule has 2 unspecified atom stereocenters. The summed E-state index contributed by atoms with van der Waals surface area (Å²) in [5.41, 5.74) is 0.869. The maximum atomic E-state index is 11.7. The number of aryl methyl sites for hydroxylation is 1. The van der Waals surface area contributed by atoms with Gasteiger partial charge in [0.05, 0.1) is 18.6 Å². The Morgan fingerprint density at radius 2 is 2.56 bits per heavy atom. The van der Waals surface area contributed by atoms with Crippen molar-refractivity contribution in [1.29, 1.82) is 0 Å². The third kappa shape index (κ3) is 3.11. The highest BCUT2D eigenvalue weighted by Gasteiger charge is 2.23. The van der Waals surface area contributed by atoms with Gasteiger partial charge in [-0.1, -0.05) is 0 Å². The van der Waals surface area contributed by atoms with Gasteiger partial charge in [-0.3, -0.25) is 4.79 Å². The quantitative estimate of drug-likeness (QED) is 0.806. The highest BCUT2D eigenvalue weighted by atomic mass is 16.5. The number of hydrogen-bond donors (Lipinski definition) is 2. The van der Waals surface area contributed by atoms with Gasteiger partial charge >= 0.3 is 0 Å². The first-order valence-corrected chi connectivity index (χ1v) is 6.33. The second kappa shape index (κ2) is 6.02. The molecule has 1 aliphatic rings. The molecule has 0 saturated carbocycles. The van der Waals surface area contributed by atoms with Crippen molar-refractivity contribution >= 4 is 5.91 Å². The maximum absolute atomic E-state index is 11.7. The Kier molecular flexibility index (Phi) is 4.38. The number of ether oxygens (including phenoxy) is 1. The number of carbonyl (C=O) groups excluding carboxylic acids is 1. The number of aromatic nitrogens is 1. The first kappa shape index (κ1) is 13.1. The summed E-state index contributed by atoms with van der Waals surface area (Å²) in [7, 11) is 1.90. The summed E-state index contributed by atoms with van der Waals surface area (Å²) in [6.45, 7) is 1.68. The zero-order valence-electron chi connectivity index (χ0n) is 10.6. The largest absolute Gasteiger partial charge is 0.387 e. The van der Waals surface area contributed by atoms with E-state index in [9.17, 15) is 9.90 Å². The zero-order valence-corrected chi connectivity index (χ0v) is 10.6. The number of aliphatic hydroxyl groups is 1. The molecule has 0 radical (unpaired) electrons. The molecule has 5 nitrogen and oxygen atoms in total. The zero-order chi connectivity index (χ0) is 13.0. The van der Waals surface area contributed by atoms with E-state index in [1.54, 1.807) is 0 Å². The number of nitrogens with one attached hydrogen (secondary N) is 1. The minimum absolute atomic E-state index is 0.0165. The van der Waals surface area contributed by atoms with Gasteiger partial charge in [0.2, 0.25) is 5.91 Å². The van der Waals surface area contributed by atoms with Crippen molar-refractivity contribution in [1.82, 2.24) is 9.88 Å².